The van der Waals surface area contributed by atoms with Crippen molar-refractivity contribution in [3.63, 3.8) is 0 Å². The van der Waals surface area contributed by atoms with Crippen molar-refractivity contribution in [3.05, 3.63) is 46.5 Å². The second kappa shape index (κ2) is 5.80. The van der Waals surface area contributed by atoms with Gasteiger partial charge in [0.05, 0.1) is 0 Å². The molecule has 0 unspecified atom stereocenters. The van der Waals surface area contributed by atoms with Crippen LogP contribution in [-0.4, -0.2) is 20.9 Å². The summed E-state index contributed by atoms with van der Waals surface area (Å²) >= 11 is 5.79. The molecule has 4 N–H and O–H groups in total. The molecule has 1 heterocycles. The Bertz CT molecular complexity index is 702. The highest BCUT2D eigenvalue weighted by atomic mass is 35.5. The number of anilines is 1. The van der Waals surface area contributed by atoms with Crippen molar-refractivity contribution in [2.45, 2.75) is 6.92 Å². The molecule has 1 aromatic carbocycles. The van der Waals surface area contributed by atoms with Crippen LogP contribution in [-0.2, 0) is 4.79 Å². The normalized spacial score (nSPS) is 11.4. The molecule has 0 radical (unpaired) electrons. The van der Waals surface area contributed by atoms with Gasteiger partial charge in [-0.15, -0.1) is 4.73 Å². The van der Waals surface area contributed by atoms with Crippen LogP contribution in [0.25, 0.3) is 6.08 Å². The summed E-state index contributed by atoms with van der Waals surface area (Å²) in [5.74, 6) is -1.52. The molecule has 0 saturated carbocycles. The molecule has 21 heavy (non-hydrogen) atoms. The molecule has 0 aliphatic rings. The summed E-state index contributed by atoms with van der Waals surface area (Å²) in [6, 6.07) is 7.26. The molecule has 0 aliphatic carbocycles. The van der Waals surface area contributed by atoms with Crippen LogP contribution in [0.15, 0.2) is 35.9 Å². The molecule has 7 heteroatoms. The van der Waals surface area contributed by atoms with Crippen LogP contribution in [0, 0.1) is 0 Å². The molecule has 2 rings (SSSR count). The molecule has 0 aliphatic heterocycles. The first-order valence-electron chi connectivity index (χ1n) is 5.94. The van der Waals surface area contributed by atoms with Crippen molar-refractivity contribution < 1.29 is 19.8 Å². The number of carbonyl (C=O) groups excluding carboxylic acids is 1. The van der Waals surface area contributed by atoms with Gasteiger partial charge in [-0.3, -0.25) is 0 Å². The highest BCUT2D eigenvalue weighted by Crippen LogP contribution is 2.22. The van der Waals surface area contributed by atoms with Gasteiger partial charge in [-0.05, 0) is 30.7 Å². The molecule has 0 saturated heterocycles. The van der Waals surface area contributed by atoms with Crippen molar-refractivity contribution in [1.82, 2.24) is 4.73 Å². The summed E-state index contributed by atoms with van der Waals surface area (Å²) in [4.78, 5) is 16.8. The predicted molar refractivity (Wildman–Crippen MR) is 78.9 cm³/mol. The van der Waals surface area contributed by atoms with Gasteiger partial charge in [0.15, 0.2) is 0 Å². The first kappa shape index (κ1) is 14.8. The molecule has 0 atom stereocenters. The molecule has 1 aromatic heterocycles. The minimum absolute atomic E-state index is 0.233. The number of nitrogens with zero attached hydrogens (tertiary/aromatic N) is 1. The Labute approximate surface area is 125 Å². The molecule has 0 bridgehead atoms. The maximum atomic E-state index is 11.9. The molecule has 0 spiro atoms. The van der Waals surface area contributed by atoms with Crippen LogP contribution < -0.4 is 10.6 Å². The first-order chi connectivity index (χ1) is 9.88. The number of hydrogen-bond donors (Lipinski definition) is 3. The standard InChI is InChI=1S/C14H13ClN2O4/c1-8(6-9-2-3-10(15)7-11(9)16)14(20)21-17-12(18)4-5-13(17)19/h2-7,18-19H,16H2,1H3. The van der Waals surface area contributed by atoms with Gasteiger partial charge in [-0.25, -0.2) is 4.79 Å². The number of nitrogens with two attached hydrogens (primary N) is 1. The summed E-state index contributed by atoms with van der Waals surface area (Å²) in [5, 5.41) is 19.3. The smallest absolute Gasteiger partial charge is 0.359 e. The van der Waals surface area contributed by atoms with Gasteiger partial charge >= 0.3 is 5.97 Å². The molecule has 0 amide bonds. The summed E-state index contributed by atoms with van der Waals surface area (Å²) in [6.45, 7) is 1.52. The van der Waals surface area contributed by atoms with E-state index in [0.29, 0.717) is 21.0 Å². The Morgan fingerprint density at radius 1 is 1.29 bits per heavy atom. The Balaban J connectivity index is 2.21. The minimum Gasteiger partial charge on any atom is -0.492 e. The fourth-order valence-corrected chi connectivity index (χ4v) is 1.80. The minimum atomic E-state index is -0.744. The molecule has 110 valence electrons. The van der Waals surface area contributed by atoms with Gasteiger partial charge in [0, 0.05) is 28.4 Å². The largest absolute Gasteiger partial charge is 0.492 e. The van der Waals surface area contributed by atoms with Crippen molar-refractivity contribution in [3.8, 4) is 11.8 Å². The van der Waals surface area contributed by atoms with Gasteiger partial charge < -0.3 is 20.8 Å². The maximum Gasteiger partial charge on any atom is 0.359 e. The number of nitrogen functional groups attached to an aromatic ring is 1. The van der Waals surface area contributed by atoms with Gasteiger partial charge in [-0.2, -0.15) is 0 Å². The lowest BCUT2D eigenvalue weighted by atomic mass is 10.1. The summed E-state index contributed by atoms with van der Waals surface area (Å²) < 4.78 is 0.616. The van der Waals surface area contributed by atoms with Crippen LogP contribution in [0.5, 0.6) is 11.8 Å². The van der Waals surface area contributed by atoms with Crippen molar-refractivity contribution in [2.24, 2.45) is 0 Å². The zero-order valence-corrected chi connectivity index (χ0v) is 11.8. The maximum absolute atomic E-state index is 11.9. The quantitative estimate of drug-likeness (QED) is 0.596. The topological polar surface area (TPSA) is 97.7 Å². The highest BCUT2D eigenvalue weighted by molar-refractivity contribution is 6.30. The second-order valence-electron chi connectivity index (χ2n) is 4.32. The van der Waals surface area contributed by atoms with Crippen LogP contribution in [0.2, 0.25) is 5.02 Å². The van der Waals surface area contributed by atoms with E-state index in [1.54, 1.807) is 18.2 Å². The number of aromatic nitrogens is 1. The van der Waals surface area contributed by atoms with Crippen LogP contribution >= 0.6 is 11.6 Å². The fraction of sp³-hybridized carbons (Fsp3) is 0.0714. The molecule has 6 nitrogen and oxygen atoms in total. The lowest BCUT2D eigenvalue weighted by Crippen LogP contribution is -2.19. The van der Waals surface area contributed by atoms with Crippen molar-refractivity contribution in [2.75, 3.05) is 5.73 Å². The van der Waals surface area contributed by atoms with Gasteiger partial charge in [0.25, 0.3) is 0 Å². The third kappa shape index (κ3) is 3.29. The Kier molecular flexibility index (Phi) is 4.09. The van der Waals surface area contributed by atoms with Crippen LogP contribution in [0.1, 0.15) is 12.5 Å². The van der Waals surface area contributed by atoms with E-state index in [0.717, 1.165) is 0 Å². The zero-order chi connectivity index (χ0) is 15.6. The Morgan fingerprint density at radius 2 is 1.90 bits per heavy atom. The lowest BCUT2D eigenvalue weighted by molar-refractivity contribution is -0.140. The van der Waals surface area contributed by atoms with E-state index in [9.17, 15) is 15.0 Å². The molecular weight excluding hydrogens is 296 g/mol. The van der Waals surface area contributed by atoms with E-state index in [1.165, 1.54) is 25.1 Å². The third-order valence-electron chi connectivity index (χ3n) is 2.71. The summed E-state index contributed by atoms with van der Waals surface area (Å²) in [6.07, 6.45) is 1.52. The van der Waals surface area contributed by atoms with E-state index in [1.807, 2.05) is 0 Å². The fourth-order valence-electron chi connectivity index (χ4n) is 1.62. The van der Waals surface area contributed by atoms with Crippen molar-refractivity contribution >= 4 is 29.3 Å². The number of carbonyl (C=O) groups is 1. The summed E-state index contributed by atoms with van der Waals surface area (Å²) in [7, 11) is 0. The molecular formula is C14H13ClN2O4. The van der Waals surface area contributed by atoms with Gasteiger partial charge in [-0.1, -0.05) is 17.7 Å². The van der Waals surface area contributed by atoms with Gasteiger partial charge in [0.2, 0.25) is 11.8 Å². The van der Waals surface area contributed by atoms with Crippen molar-refractivity contribution in [1.29, 1.82) is 0 Å². The number of aromatic hydroxyl groups is 2. The Hall–Kier alpha value is -2.60. The van der Waals surface area contributed by atoms with E-state index in [4.69, 9.17) is 22.2 Å². The summed E-state index contributed by atoms with van der Waals surface area (Å²) in [5.41, 5.74) is 7.04. The van der Waals surface area contributed by atoms with Gasteiger partial charge in [0.1, 0.15) is 0 Å². The zero-order valence-electron chi connectivity index (χ0n) is 11.1. The van der Waals surface area contributed by atoms with E-state index < -0.39 is 5.97 Å². The lowest BCUT2D eigenvalue weighted by Gasteiger charge is -2.07. The average Bonchev–Trinajstić information content (AvgIpc) is 2.73. The average molecular weight is 309 g/mol. The van der Waals surface area contributed by atoms with Crippen LogP contribution in [0.4, 0.5) is 5.69 Å². The van der Waals surface area contributed by atoms with E-state index >= 15 is 0 Å². The number of hydrogen-bond acceptors (Lipinski definition) is 5. The first-order valence-corrected chi connectivity index (χ1v) is 6.32. The Morgan fingerprint density at radius 3 is 2.48 bits per heavy atom. The SMILES string of the molecule is CC(=Cc1ccc(Cl)cc1N)C(=O)On1c(O)ccc1O. The number of halogens is 1. The third-order valence-corrected chi connectivity index (χ3v) is 2.95. The second-order valence-corrected chi connectivity index (χ2v) is 4.76. The number of rotatable bonds is 3. The molecule has 2 aromatic rings. The van der Waals surface area contributed by atoms with Crippen LogP contribution in [0.3, 0.4) is 0 Å². The monoisotopic (exact) mass is 308 g/mol. The highest BCUT2D eigenvalue weighted by Gasteiger charge is 2.14. The van der Waals surface area contributed by atoms with E-state index in [-0.39, 0.29) is 17.3 Å². The predicted octanol–water partition coefficient (Wildman–Crippen LogP) is 2.19. The number of benzene rings is 1. The molecule has 0 fully saturated rings. The van der Waals surface area contributed by atoms with E-state index in [2.05, 4.69) is 0 Å².